The number of hydrogen-bond acceptors (Lipinski definition) is 5. The third-order valence-electron chi connectivity index (χ3n) is 8.41. The maximum Gasteiger partial charge on any atom is 0.407 e. The van der Waals surface area contributed by atoms with Crippen LogP contribution in [-0.4, -0.2) is 59.2 Å². The lowest BCUT2D eigenvalue weighted by atomic mass is 9.66. The van der Waals surface area contributed by atoms with Gasteiger partial charge in [-0.25, -0.2) is 4.79 Å². The first kappa shape index (κ1) is 26.7. The van der Waals surface area contributed by atoms with Crippen molar-refractivity contribution in [3.63, 3.8) is 0 Å². The van der Waals surface area contributed by atoms with E-state index in [0.717, 1.165) is 5.56 Å². The highest BCUT2D eigenvalue weighted by Gasteiger charge is 2.51. The number of piperidine rings is 1. The molecule has 3 amide bonds. The van der Waals surface area contributed by atoms with Gasteiger partial charge in [-0.15, -0.1) is 0 Å². The van der Waals surface area contributed by atoms with Crippen LogP contribution < -0.4 is 10.6 Å². The van der Waals surface area contributed by atoms with Gasteiger partial charge >= 0.3 is 6.09 Å². The zero-order chi connectivity index (χ0) is 26.3. The van der Waals surface area contributed by atoms with Gasteiger partial charge in [0.15, 0.2) is 0 Å². The largest absolute Gasteiger partial charge is 0.443 e. The number of nitrogens with zero attached hydrogens (tertiary/aromatic N) is 1. The van der Waals surface area contributed by atoms with E-state index < -0.39 is 28.8 Å². The second kappa shape index (κ2) is 9.86. The van der Waals surface area contributed by atoms with Crippen LogP contribution in [0, 0.1) is 17.3 Å². The molecule has 1 aliphatic carbocycles. The Labute approximate surface area is 218 Å². The highest BCUT2D eigenvalue weighted by atomic mass is 35.5. The first-order valence-electron chi connectivity index (χ1n) is 12.9. The Morgan fingerprint density at radius 2 is 1.89 bits per heavy atom. The van der Waals surface area contributed by atoms with Crippen molar-refractivity contribution in [1.82, 2.24) is 15.5 Å². The minimum absolute atomic E-state index is 0.103. The SMILES string of the molecule is CC(C)C(NC(=O)[C@@H]1CCC2(CCNC(=O)O2)C1)C(=O)N1CCC(O)(c2ccc(Cl)cc2)C(C)(C)C1. The Balaban J connectivity index is 1.42. The van der Waals surface area contributed by atoms with Gasteiger partial charge in [0.05, 0.1) is 5.60 Å². The van der Waals surface area contributed by atoms with Crippen LogP contribution in [0.5, 0.6) is 0 Å². The van der Waals surface area contributed by atoms with E-state index in [9.17, 15) is 19.5 Å². The molecule has 3 N–H and O–H groups in total. The molecule has 0 bridgehead atoms. The average molecular weight is 520 g/mol. The molecule has 4 rings (SSSR count). The molecule has 2 saturated heterocycles. The van der Waals surface area contributed by atoms with Gasteiger partial charge in [-0.3, -0.25) is 9.59 Å². The van der Waals surface area contributed by atoms with Crippen LogP contribution in [0.1, 0.15) is 65.4 Å². The molecule has 4 atom stereocenters. The molecule has 0 aromatic heterocycles. The van der Waals surface area contributed by atoms with Crippen molar-refractivity contribution in [3.05, 3.63) is 34.9 Å². The molecule has 3 unspecified atom stereocenters. The predicted molar refractivity (Wildman–Crippen MR) is 136 cm³/mol. The second-order valence-electron chi connectivity index (χ2n) is 11.7. The van der Waals surface area contributed by atoms with Gasteiger partial charge in [0, 0.05) is 42.4 Å². The topological polar surface area (TPSA) is 108 Å². The van der Waals surface area contributed by atoms with Gasteiger partial charge in [0.1, 0.15) is 11.6 Å². The van der Waals surface area contributed by atoms with Crippen molar-refractivity contribution < 1.29 is 24.2 Å². The fourth-order valence-corrected chi connectivity index (χ4v) is 6.19. The molecule has 9 heteroatoms. The van der Waals surface area contributed by atoms with E-state index in [-0.39, 0.29) is 23.7 Å². The molecular weight excluding hydrogens is 482 g/mol. The number of ether oxygens (including phenoxy) is 1. The van der Waals surface area contributed by atoms with Crippen molar-refractivity contribution in [2.45, 2.75) is 77.0 Å². The summed E-state index contributed by atoms with van der Waals surface area (Å²) in [6.07, 6.45) is 2.41. The number of nitrogens with one attached hydrogen (secondary N) is 2. The first-order chi connectivity index (χ1) is 16.9. The zero-order valence-electron chi connectivity index (χ0n) is 21.6. The van der Waals surface area contributed by atoms with E-state index in [1.54, 1.807) is 17.0 Å². The number of hydrogen-bond donors (Lipinski definition) is 3. The third-order valence-corrected chi connectivity index (χ3v) is 8.66. The quantitative estimate of drug-likeness (QED) is 0.551. The van der Waals surface area contributed by atoms with Crippen LogP contribution in [-0.2, 0) is 19.9 Å². The molecule has 2 heterocycles. The number of aliphatic hydroxyl groups is 1. The summed E-state index contributed by atoms with van der Waals surface area (Å²) in [7, 11) is 0. The Morgan fingerprint density at radius 3 is 2.50 bits per heavy atom. The first-order valence-corrected chi connectivity index (χ1v) is 13.3. The number of benzene rings is 1. The van der Waals surface area contributed by atoms with Gasteiger partial charge in [0.25, 0.3) is 0 Å². The maximum absolute atomic E-state index is 13.6. The van der Waals surface area contributed by atoms with Crippen LogP contribution in [0.4, 0.5) is 4.79 Å². The van der Waals surface area contributed by atoms with Crippen LogP contribution in [0.25, 0.3) is 0 Å². The number of likely N-dealkylation sites (tertiary alicyclic amines) is 1. The summed E-state index contributed by atoms with van der Waals surface area (Å²) in [5.74, 6) is -0.695. The van der Waals surface area contributed by atoms with Gasteiger partial charge < -0.3 is 25.4 Å². The van der Waals surface area contributed by atoms with E-state index in [1.807, 2.05) is 39.8 Å². The molecule has 3 aliphatic rings. The Morgan fingerprint density at radius 1 is 1.19 bits per heavy atom. The van der Waals surface area contributed by atoms with E-state index >= 15 is 0 Å². The lowest BCUT2D eigenvalue weighted by Gasteiger charge is -2.51. The standard InChI is InChI=1S/C27H38ClN3O5/c1-17(2)21(30-22(32)18-9-10-26(15-18)11-13-29-24(34)36-26)23(33)31-14-12-27(35,25(3,4)16-31)19-5-7-20(28)8-6-19/h5-8,17-18,21,35H,9-16H2,1-4H3,(H,29,34)(H,30,32)/t18-,21?,26?,27?/m1/s1. The number of amides is 3. The molecular formula is C27H38ClN3O5. The summed E-state index contributed by atoms with van der Waals surface area (Å²) < 4.78 is 5.56. The number of carbonyl (C=O) groups is 3. The molecule has 1 saturated carbocycles. The monoisotopic (exact) mass is 519 g/mol. The summed E-state index contributed by atoms with van der Waals surface area (Å²) in [6.45, 7) is 9.06. The molecule has 1 spiro atoms. The normalized spacial score (nSPS) is 30.6. The number of carbonyl (C=O) groups excluding carboxylic acids is 3. The van der Waals surface area contributed by atoms with Crippen molar-refractivity contribution >= 4 is 29.5 Å². The van der Waals surface area contributed by atoms with E-state index in [2.05, 4.69) is 10.6 Å². The molecule has 198 valence electrons. The Hall–Kier alpha value is -2.32. The average Bonchev–Trinajstić information content (AvgIpc) is 3.21. The molecule has 2 aliphatic heterocycles. The summed E-state index contributed by atoms with van der Waals surface area (Å²) in [4.78, 5) is 40.3. The van der Waals surface area contributed by atoms with E-state index in [1.165, 1.54) is 0 Å². The van der Waals surface area contributed by atoms with Gasteiger partial charge in [-0.1, -0.05) is 51.4 Å². The van der Waals surface area contributed by atoms with E-state index in [4.69, 9.17) is 16.3 Å². The molecule has 36 heavy (non-hydrogen) atoms. The number of halogens is 1. The van der Waals surface area contributed by atoms with Crippen LogP contribution in [0.2, 0.25) is 5.02 Å². The minimum Gasteiger partial charge on any atom is -0.443 e. The summed E-state index contributed by atoms with van der Waals surface area (Å²) in [6, 6.07) is 6.55. The zero-order valence-corrected chi connectivity index (χ0v) is 22.4. The number of alkyl carbamates (subject to hydrolysis) is 1. The highest BCUT2D eigenvalue weighted by molar-refractivity contribution is 6.30. The third kappa shape index (κ3) is 5.07. The lowest BCUT2D eigenvalue weighted by molar-refractivity contribution is -0.157. The summed E-state index contributed by atoms with van der Waals surface area (Å²) in [5, 5.41) is 17.9. The van der Waals surface area contributed by atoms with Crippen molar-refractivity contribution in [2.75, 3.05) is 19.6 Å². The highest BCUT2D eigenvalue weighted by Crippen LogP contribution is 2.46. The fraction of sp³-hybridized carbons (Fsp3) is 0.667. The van der Waals surface area contributed by atoms with Crippen molar-refractivity contribution in [2.24, 2.45) is 17.3 Å². The van der Waals surface area contributed by atoms with Crippen molar-refractivity contribution in [1.29, 1.82) is 0 Å². The number of rotatable bonds is 5. The van der Waals surface area contributed by atoms with Crippen LogP contribution >= 0.6 is 11.6 Å². The van der Waals surface area contributed by atoms with Crippen LogP contribution in [0.15, 0.2) is 24.3 Å². The molecule has 0 radical (unpaired) electrons. The predicted octanol–water partition coefficient (Wildman–Crippen LogP) is 3.60. The van der Waals surface area contributed by atoms with Crippen LogP contribution in [0.3, 0.4) is 0 Å². The van der Waals surface area contributed by atoms with Gasteiger partial charge in [-0.2, -0.15) is 0 Å². The lowest BCUT2D eigenvalue weighted by Crippen LogP contribution is -2.60. The summed E-state index contributed by atoms with van der Waals surface area (Å²) >= 11 is 6.04. The second-order valence-corrected chi connectivity index (χ2v) is 12.1. The molecule has 1 aromatic carbocycles. The summed E-state index contributed by atoms with van der Waals surface area (Å²) in [5.41, 5.74) is -1.51. The Bertz CT molecular complexity index is 1010. The maximum atomic E-state index is 13.6. The Kier molecular flexibility index (Phi) is 7.32. The van der Waals surface area contributed by atoms with Crippen molar-refractivity contribution in [3.8, 4) is 0 Å². The fourth-order valence-electron chi connectivity index (χ4n) is 6.06. The smallest absolute Gasteiger partial charge is 0.407 e. The van der Waals surface area contributed by atoms with E-state index in [0.29, 0.717) is 56.8 Å². The molecule has 8 nitrogen and oxygen atoms in total. The van der Waals surface area contributed by atoms with Gasteiger partial charge in [-0.05, 0) is 49.3 Å². The molecule has 3 fully saturated rings. The minimum atomic E-state index is -1.10. The molecule has 1 aromatic rings. The van der Waals surface area contributed by atoms with Gasteiger partial charge in [0.2, 0.25) is 11.8 Å².